The van der Waals surface area contributed by atoms with Crippen molar-refractivity contribution in [2.75, 3.05) is 25.1 Å². The van der Waals surface area contributed by atoms with E-state index in [-0.39, 0.29) is 5.97 Å². The molecule has 0 unspecified atom stereocenters. The third kappa shape index (κ3) is 3.48. The zero-order valence-corrected chi connectivity index (χ0v) is 14.6. The van der Waals surface area contributed by atoms with Gasteiger partial charge in [0.1, 0.15) is 11.9 Å². The van der Waals surface area contributed by atoms with E-state index < -0.39 is 0 Å². The second kappa shape index (κ2) is 7.35. The molecule has 1 fully saturated rings. The minimum absolute atomic E-state index is 0.375. The van der Waals surface area contributed by atoms with E-state index in [1.165, 1.54) is 13.5 Å². The summed E-state index contributed by atoms with van der Waals surface area (Å²) in [6.45, 7) is 3.86. The summed E-state index contributed by atoms with van der Waals surface area (Å²) in [6.07, 6.45) is 5.29. The number of carbonyl (C=O) groups is 1. The average molecular weight is 335 g/mol. The maximum Gasteiger partial charge on any atom is 0.337 e. The van der Waals surface area contributed by atoms with E-state index in [1.54, 1.807) is 18.3 Å². The molecule has 0 bridgehead atoms. The molecule has 2 aromatic rings. The molecule has 1 aliphatic rings. The topological polar surface area (TPSA) is 66.2 Å². The molecule has 0 amide bonds. The summed E-state index contributed by atoms with van der Waals surface area (Å²) in [5.41, 5.74) is 3.80. The summed E-state index contributed by atoms with van der Waals surface area (Å²) in [7, 11) is 1.37. The van der Waals surface area contributed by atoms with Crippen LogP contribution in [-0.4, -0.2) is 31.2 Å². The first kappa shape index (κ1) is 17.0. The molecular formula is C20H21N3O2. The summed E-state index contributed by atoms with van der Waals surface area (Å²) in [4.78, 5) is 18.6. The number of esters is 1. The number of carbonyl (C=O) groups excluding carboxylic acids is 1. The van der Waals surface area contributed by atoms with Crippen LogP contribution in [0.3, 0.4) is 0 Å². The van der Waals surface area contributed by atoms with E-state index >= 15 is 0 Å². The first-order valence-electron chi connectivity index (χ1n) is 8.48. The fourth-order valence-electron chi connectivity index (χ4n) is 3.22. The van der Waals surface area contributed by atoms with Crippen LogP contribution in [0.4, 0.5) is 5.82 Å². The van der Waals surface area contributed by atoms with E-state index in [0.717, 1.165) is 48.4 Å². The van der Waals surface area contributed by atoms with Gasteiger partial charge in [0.2, 0.25) is 0 Å². The van der Waals surface area contributed by atoms with Crippen molar-refractivity contribution in [3.63, 3.8) is 0 Å². The average Bonchev–Trinajstić information content (AvgIpc) is 2.68. The van der Waals surface area contributed by atoms with Crippen molar-refractivity contribution < 1.29 is 9.53 Å². The molecule has 1 aromatic heterocycles. The summed E-state index contributed by atoms with van der Waals surface area (Å²) < 4.78 is 4.80. The zero-order chi connectivity index (χ0) is 17.8. The van der Waals surface area contributed by atoms with E-state index in [0.29, 0.717) is 11.1 Å². The number of benzene rings is 1. The highest BCUT2D eigenvalue weighted by atomic mass is 16.5. The Labute approximate surface area is 147 Å². The van der Waals surface area contributed by atoms with Crippen molar-refractivity contribution in [1.29, 1.82) is 5.26 Å². The second-order valence-corrected chi connectivity index (χ2v) is 6.28. The number of nitriles is 1. The van der Waals surface area contributed by atoms with Gasteiger partial charge in [-0.1, -0.05) is 6.07 Å². The lowest BCUT2D eigenvalue weighted by molar-refractivity contribution is 0.0601. The number of ether oxygens (including phenoxy) is 1. The van der Waals surface area contributed by atoms with Gasteiger partial charge in [0.05, 0.1) is 18.2 Å². The number of pyridine rings is 1. The fourth-order valence-corrected chi connectivity index (χ4v) is 3.22. The molecule has 0 aliphatic carbocycles. The molecule has 3 rings (SSSR count). The third-order valence-electron chi connectivity index (χ3n) is 4.61. The minimum atomic E-state index is -0.375. The van der Waals surface area contributed by atoms with Crippen LogP contribution in [0, 0.1) is 18.3 Å². The quantitative estimate of drug-likeness (QED) is 0.800. The molecular weight excluding hydrogens is 314 g/mol. The minimum Gasteiger partial charge on any atom is -0.465 e. The number of piperidine rings is 1. The van der Waals surface area contributed by atoms with Crippen LogP contribution in [0.5, 0.6) is 0 Å². The highest BCUT2D eigenvalue weighted by Crippen LogP contribution is 2.29. The largest absolute Gasteiger partial charge is 0.465 e. The number of nitrogens with zero attached hydrogens (tertiary/aromatic N) is 3. The van der Waals surface area contributed by atoms with Gasteiger partial charge in [-0.15, -0.1) is 0 Å². The van der Waals surface area contributed by atoms with Crippen LogP contribution in [0.15, 0.2) is 30.5 Å². The van der Waals surface area contributed by atoms with Crippen molar-refractivity contribution >= 4 is 11.8 Å². The van der Waals surface area contributed by atoms with Crippen LogP contribution in [0.25, 0.3) is 11.1 Å². The van der Waals surface area contributed by atoms with Gasteiger partial charge >= 0.3 is 5.97 Å². The molecule has 25 heavy (non-hydrogen) atoms. The van der Waals surface area contributed by atoms with E-state index in [2.05, 4.69) is 16.0 Å². The Morgan fingerprint density at radius 2 is 2.00 bits per heavy atom. The maximum atomic E-state index is 11.8. The molecule has 5 heteroatoms. The van der Waals surface area contributed by atoms with Crippen LogP contribution in [0.1, 0.15) is 40.7 Å². The lowest BCUT2D eigenvalue weighted by Crippen LogP contribution is -2.30. The molecule has 1 saturated heterocycles. The number of aryl methyl sites for hydroxylation is 1. The predicted octanol–water partition coefficient (Wildman–Crippen LogP) is 3.71. The molecule has 0 N–H and O–H groups in total. The summed E-state index contributed by atoms with van der Waals surface area (Å²) in [6, 6.07) is 9.55. The third-order valence-corrected chi connectivity index (χ3v) is 4.61. The lowest BCUT2D eigenvalue weighted by atomic mass is 9.98. The number of methoxy groups -OCH3 is 1. The SMILES string of the molecule is COC(=O)c1ccc(C)c(-c2cnc(N3CCCCC3)c(C#N)c2)c1. The van der Waals surface area contributed by atoms with Gasteiger partial charge in [-0.25, -0.2) is 9.78 Å². The van der Waals surface area contributed by atoms with Crippen molar-refractivity contribution in [3.8, 4) is 17.2 Å². The Kier molecular flexibility index (Phi) is 4.99. The van der Waals surface area contributed by atoms with Crippen LogP contribution in [0.2, 0.25) is 0 Å². The standard InChI is InChI=1S/C20H21N3O2/c1-14-6-7-15(20(24)25-2)11-18(14)17-10-16(12-21)19(22-13-17)23-8-4-3-5-9-23/h6-7,10-11,13H,3-5,8-9H2,1-2H3. The lowest BCUT2D eigenvalue weighted by Gasteiger charge is -2.28. The van der Waals surface area contributed by atoms with E-state index in [4.69, 9.17) is 4.74 Å². The number of hydrogen-bond donors (Lipinski definition) is 0. The highest BCUT2D eigenvalue weighted by molar-refractivity contribution is 5.91. The molecule has 0 spiro atoms. The zero-order valence-electron chi connectivity index (χ0n) is 14.6. The molecule has 2 heterocycles. The maximum absolute atomic E-state index is 11.8. The number of rotatable bonds is 3. The molecule has 128 valence electrons. The van der Waals surface area contributed by atoms with Crippen molar-refractivity contribution in [2.45, 2.75) is 26.2 Å². The summed E-state index contributed by atoms with van der Waals surface area (Å²) in [5, 5.41) is 9.58. The second-order valence-electron chi connectivity index (χ2n) is 6.28. The summed E-state index contributed by atoms with van der Waals surface area (Å²) in [5.74, 6) is 0.382. The Morgan fingerprint density at radius 3 is 2.68 bits per heavy atom. The van der Waals surface area contributed by atoms with E-state index in [1.807, 2.05) is 19.1 Å². The molecule has 5 nitrogen and oxygen atoms in total. The Hall–Kier alpha value is -2.87. The highest BCUT2D eigenvalue weighted by Gasteiger charge is 2.17. The van der Waals surface area contributed by atoms with Crippen LogP contribution >= 0.6 is 0 Å². The molecule has 1 aliphatic heterocycles. The number of anilines is 1. The van der Waals surface area contributed by atoms with Crippen molar-refractivity contribution in [1.82, 2.24) is 4.98 Å². The van der Waals surface area contributed by atoms with Gasteiger partial charge < -0.3 is 9.64 Å². The predicted molar refractivity (Wildman–Crippen MR) is 96.5 cm³/mol. The normalized spacial score (nSPS) is 14.0. The Morgan fingerprint density at radius 1 is 1.24 bits per heavy atom. The molecule has 0 atom stereocenters. The van der Waals surface area contributed by atoms with Gasteiger partial charge in [-0.05, 0) is 55.5 Å². The van der Waals surface area contributed by atoms with Crippen LogP contribution < -0.4 is 4.90 Å². The van der Waals surface area contributed by atoms with Gasteiger partial charge in [0, 0.05) is 24.8 Å². The van der Waals surface area contributed by atoms with Gasteiger partial charge in [0.25, 0.3) is 0 Å². The molecule has 0 radical (unpaired) electrons. The van der Waals surface area contributed by atoms with Gasteiger partial charge in [-0.2, -0.15) is 5.26 Å². The Bertz CT molecular complexity index is 833. The van der Waals surface area contributed by atoms with Crippen LogP contribution in [-0.2, 0) is 4.74 Å². The fraction of sp³-hybridized carbons (Fsp3) is 0.350. The van der Waals surface area contributed by atoms with E-state index in [9.17, 15) is 10.1 Å². The van der Waals surface area contributed by atoms with Gasteiger partial charge in [-0.3, -0.25) is 0 Å². The van der Waals surface area contributed by atoms with Crippen molar-refractivity contribution in [2.24, 2.45) is 0 Å². The number of hydrogen-bond acceptors (Lipinski definition) is 5. The first-order valence-corrected chi connectivity index (χ1v) is 8.48. The first-order chi connectivity index (χ1) is 12.1. The van der Waals surface area contributed by atoms with Crippen molar-refractivity contribution in [3.05, 3.63) is 47.2 Å². The monoisotopic (exact) mass is 335 g/mol. The Balaban J connectivity index is 2.01. The smallest absolute Gasteiger partial charge is 0.337 e. The number of aromatic nitrogens is 1. The summed E-state index contributed by atoms with van der Waals surface area (Å²) >= 11 is 0. The molecule has 1 aromatic carbocycles. The molecule has 0 saturated carbocycles. The van der Waals surface area contributed by atoms with Gasteiger partial charge in [0.15, 0.2) is 0 Å².